The normalized spacial score (nSPS) is 11.3. The summed E-state index contributed by atoms with van der Waals surface area (Å²) < 4.78 is 34.0. The van der Waals surface area contributed by atoms with Crippen molar-refractivity contribution in [3.63, 3.8) is 0 Å². The standard InChI is InChI=1S/C25H25F2N5O3S/c1-4-6-12-31(25-29-15(3)20(36-25)24(34)35-5-2)23(33)17-14-28-32-19(21(26)27)13-18(30-22(17)32)16-10-8-7-9-11-16/h7-11,13-14,21H,4-6,12H2,1-3H3. The smallest absolute Gasteiger partial charge is 0.350 e. The van der Waals surface area contributed by atoms with Gasteiger partial charge in [-0.2, -0.15) is 5.10 Å². The van der Waals surface area contributed by atoms with Crippen LogP contribution in [0.25, 0.3) is 16.9 Å². The maximum Gasteiger partial charge on any atom is 0.350 e. The summed E-state index contributed by atoms with van der Waals surface area (Å²) in [5.41, 5.74) is 1.12. The minimum Gasteiger partial charge on any atom is -0.462 e. The van der Waals surface area contributed by atoms with E-state index in [4.69, 9.17) is 4.74 Å². The molecule has 0 saturated carbocycles. The third kappa shape index (κ3) is 4.97. The number of thiazole rings is 1. The van der Waals surface area contributed by atoms with Crippen LogP contribution in [-0.2, 0) is 4.74 Å². The third-order valence-electron chi connectivity index (χ3n) is 5.48. The number of aromatic nitrogens is 4. The molecule has 0 fully saturated rings. The number of rotatable bonds is 9. The molecule has 0 aliphatic heterocycles. The van der Waals surface area contributed by atoms with Crippen molar-refractivity contribution in [2.75, 3.05) is 18.1 Å². The first kappa shape index (κ1) is 25.4. The monoisotopic (exact) mass is 513 g/mol. The van der Waals surface area contributed by atoms with Gasteiger partial charge in [0.1, 0.15) is 16.1 Å². The molecular formula is C25H25F2N5O3S. The summed E-state index contributed by atoms with van der Waals surface area (Å²) >= 11 is 1.06. The fraction of sp³-hybridized carbons (Fsp3) is 0.320. The topological polar surface area (TPSA) is 89.7 Å². The number of anilines is 1. The van der Waals surface area contributed by atoms with E-state index in [1.807, 2.05) is 13.0 Å². The number of hydrogen-bond acceptors (Lipinski definition) is 7. The Labute approximate surface area is 210 Å². The van der Waals surface area contributed by atoms with Crippen molar-refractivity contribution < 1.29 is 23.1 Å². The first-order valence-corrected chi connectivity index (χ1v) is 12.4. The van der Waals surface area contributed by atoms with Gasteiger partial charge in [0.05, 0.1) is 24.2 Å². The average Bonchev–Trinajstić information content (AvgIpc) is 3.47. The lowest BCUT2D eigenvalue weighted by molar-refractivity contribution is 0.0531. The summed E-state index contributed by atoms with van der Waals surface area (Å²) in [6.45, 7) is 5.91. The third-order valence-corrected chi connectivity index (χ3v) is 6.64. The van der Waals surface area contributed by atoms with E-state index in [0.717, 1.165) is 22.3 Å². The van der Waals surface area contributed by atoms with Gasteiger partial charge < -0.3 is 4.74 Å². The van der Waals surface area contributed by atoms with Crippen molar-refractivity contribution in [1.82, 2.24) is 19.6 Å². The summed E-state index contributed by atoms with van der Waals surface area (Å²) in [4.78, 5) is 36.8. The zero-order valence-electron chi connectivity index (χ0n) is 20.1. The molecule has 36 heavy (non-hydrogen) atoms. The Balaban J connectivity index is 1.81. The molecule has 4 aromatic rings. The first-order chi connectivity index (χ1) is 17.3. The second-order valence-corrected chi connectivity index (χ2v) is 8.95. The number of hydrogen-bond donors (Lipinski definition) is 0. The van der Waals surface area contributed by atoms with E-state index >= 15 is 0 Å². The van der Waals surface area contributed by atoms with E-state index in [-0.39, 0.29) is 23.5 Å². The molecule has 3 heterocycles. The second-order valence-electron chi connectivity index (χ2n) is 7.97. The van der Waals surface area contributed by atoms with Crippen molar-refractivity contribution in [2.24, 2.45) is 0 Å². The molecule has 0 bridgehead atoms. The summed E-state index contributed by atoms with van der Waals surface area (Å²) in [5.74, 6) is -0.992. The van der Waals surface area contributed by atoms with Gasteiger partial charge in [0.25, 0.3) is 12.3 Å². The van der Waals surface area contributed by atoms with Gasteiger partial charge >= 0.3 is 5.97 Å². The Morgan fingerprint density at radius 1 is 1.17 bits per heavy atom. The summed E-state index contributed by atoms with van der Waals surface area (Å²) in [7, 11) is 0. The Kier molecular flexibility index (Phi) is 7.68. The molecule has 1 aromatic carbocycles. The van der Waals surface area contributed by atoms with Gasteiger partial charge in [0.2, 0.25) is 0 Å². The van der Waals surface area contributed by atoms with Crippen LogP contribution in [0.4, 0.5) is 13.9 Å². The SMILES string of the molecule is CCCCN(C(=O)c1cnn2c(C(F)F)cc(-c3ccccc3)nc12)c1nc(C)c(C(=O)OCC)s1. The fourth-order valence-corrected chi connectivity index (χ4v) is 4.66. The van der Waals surface area contributed by atoms with Crippen molar-refractivity contribution in [1.29, 1.82) is 0 Å². The zero-order valence-corrected chi connectivity index (χ0v) is 20.9. The molecule has 0 N–H and O–H groups in total. The van der Waals surface area contributed by atoms with Gasteiger partial charge in [-0.05, 0) is 26.3 Å². The molecule has 0 aliphatic carbocycles. The van der Waals surface area contributed by atoms with Gasteiger partial charge in [0.15, 0.2) is 10.8 Å². The number of fused-ring (bicyclic) bond motifs is 1. The van der Waals surface area contributed by atoms with E-state index in [0.29, 0.717) is 39.9 Å². The Hall–Kier alpha value is -3.73. The number of ether oxygens (including phenoxy) is 1. The summed E-state index contributed by atoms with van der Waals surface area (Å²) in [6, 6.07) is 10.2. The molecule has 0 atom stereocenters. The molecule has 0 radical (unpaired) electrons. The van der Waals surface area contributed by atoms with E-state index in [1.54, 1.807) is 38.1 Å². The Bertz CT molecular complexity index is 1390. The van der Waals surface area contributed by atoms with Crippen LogP contribution in [-0.4, -0.2) is 44.6 Å². The molecule has 0 spiro atoms. The number of halogens is 2. The lowest BCUT2D eigenvalue weighted by atomic mass is 10.1. The van der Waals surface area contributed by atoms with E-state index in [9.17, 15) is 18.4 Å². The second kappa shape index (κ2) is 10.9. The highest BCUT2D eigenvalue weighted by molar-refractivity contribution is 7.17. The van der Waals surface area contributed by atoms with Crippen molar-refractivity contribution >= 4 is 34.0 Å². The number of unbranched alkanes of at least 4 members (excludes halogenated alkanes) is 1. The molecule has 188 valence electrons. The molecule has 0 saturated heterocycles. The highest BCUT2D eigenvalue weighted by Gasteiger charge is 2.28. The number of benzene rings is 1. The minimum absolute atomic E-state index is 0.0250. The average molecular weight is 514 g/mol. The van der Waals surface area contributed by atoms with Gasteiger partial charge in [-0.1, -0.05) is 55.0 Å². The number of nitrogens with zero attached hydrogens (tertiary/aromatic N) is 5. The number of carbonyl (C=O) groups is 2. The van der Waals surface area contributed by atoms with Crippen LogP contribution < -0.4 is 4.90 Å². The highest BCUT2D eigenvalue weighted by Crippen LogP contribution is 2.31. The van der Waals surface area contributed by atoms with Crippen LogP contribution in [0.1, 0.15) is 64.5 Å². The minimum atomic E-state index is -2.83. The van der Waals surface area contributed by atoms with Crippen LogP contribution in [0.2, 0.25) is 0 Å². The lowest BCUT2D eigenvalue weighted by Gasteiger charge is -2.19. The molecule has 8 nitrogen and oxygen atoms in total. The van der Waals surface area contributed by atoms with Crippen LogP contribution in [0.15, 0.2) is 42.6 Å². The van der Waals surface area contributed by atoms with Crippen LogP contribution >= 0.6 is 11.3 Å². The number of amides is 1. The van der Waals surface area contributed by atoms with E-state index in [2.05, 4.69) is 15.1 Å². The number of carbonyl (C=O) groups excluding carboxylic acids is 2. The predicted molar refractivity (Wildman–Crippen MR) is 133 cm³/mol. The lowest BCUT2D eigenvalue weighted by Crippen LogP contribution is -2.32. The van der Waals surface area contributed by atoms with E-state index in [1.165, 1.54) is 17.2 Å². The predicted octanol–water partition coefficient (Wildman–Crippen LogP) is 5.72. The van der Waals surface area contributed by atoms with Crippen molar-refractivity contribution in [3.8, 4) is 11.3 Å². The van der Waals surface area contributed by atoms with E-state index < -0.39 is 18.3 Å². The maximum absolute atomic E-state index is 13.9. The maximum atomic E-state index is 13.9. The molecular weight excluding hydrogens is 488 g/mol. The van der Waals surface area contributed by atoms with Crippen LogP contribution in [0.3, 0.4) is 0 Å². The zero-order chi connectivity index (χ0) is 25.8. The highest BCUT2D eigenvalue weighted by atomic mass is 32.1. The number of alkyl halides is 2. The van der Waals surface area contributed by atoms with Crippen molar-refractivity contribution in [2.45, 2.75) is 40.0 Å². The fourth-order valence-electron chi connectivity index (χ4n) is 3.68. The first-order valence-electron chi connectivity index (χ1n) is 11.5. The van der Waals surface area contributed by atoms with Crippen LogP contribution in [0.5, 0.6) is 0 Å². The van der Waals surface area contributed by atoms with Gasteiger partial charge in [-0.15, -0.1) is 0 Å². The Morgan fingerprint density at radius 2 is 1.92 bits per heavy atom. The quantitative estimate of drug-likeness (QED) is 0.266. The molecule has 1 amide bonds. The number of esters is 1. The van der Waals surface area contributed by atoms with Crippen molar-refractivity contribution in [3.05, 3.63) is 64.4 Å². The molecule has 11 heteroatoms. The largest absolute Gasteiger partial charge is 0.462 e. The summed E-state index contributed by atoms with van der Waals surface area (Å²) in [6.07, 6.45) is -0.106. The molecule has 0 aliphatic rings. The molecule has 3 aromatic heterocycles. The van der Waals surface area contributed by atoms with Gasteiger partial charge in [0, 0.05) is 12.1 Å². The Morgan fingerprint density at radius 3 is 2.58 bits per heavy atom. The van der Waals surface area contributed by atoms with Gasteiger partial charge in [-0.25, -0.2) is 28.1 Å². The van der Waals surface area contributed by atoms with Gasteiger partial charge in [-0.3, -0.25) is 9.69 Å². The molecule has 0 unspecified atom stereocenters. The summed E-state index contributed by atoms with van der Waals surface area (Å²) in [5, 5.41) is 4.38. The number of aryl methyl sites for hydroxylation is 1. The van der Waals surface area contributed by atoms with Crippen LogP contribution in [0, 0.1) is 6.92 Å². The molecule has 4 rings (SSSR count).